The molecule has 3 amide bonds. The van der Waals surface area contributed by atoms with E-state index in [0.29, 0.717) is 26.1 Å². The van der Waals surface area contributed by atoms with Gasteiger partial charge in [0.25, 0.3) is 0 Å². The molecule has 0 aromatic heterocycles. The van der Waals surface area contributed by atoms with E-state index in [1.165, 1.54) is 6.42 Å². The molecule has 5 aliphatic rings. The summed E-state index contributed by atoms with van der Waals surface area (Å²) in [4.78, 5) is 47.9. The maximum atomic E-state index is 14.4. The summed E-state index contributed by atoms with van der Waals surface area (Å²) >= 11 is 1.63. The molecule has 0 aromatic rings. The van der Waals surface area contributed by atoms with Crippen LogP contribution in [0.15, 0.2) is 24.3 Å². The molecule has 2 saturated heterocycles. The van der Waals surface area contributed by atoms with Crippen LogP contribution in [0, 0.1) is 11.8 Å². The second kappa shape index (κ2) is 9.92. The van der Waals surface area contributed by atoms with Crippen LogP contribution in [-0.2, 0) is 14.4 Å². The fourth-order valence-electron chi connectivity index (χ4n) is 7.15. The van der Waals surface area contributed by atoms with Gasteiger partial charge in [-0.05, 0) is 25.7 Å². The number of likely N-dealkylation sites (tertiary alicyclic amines) is 1. The lowest BCUT2D eigenvalue weighted by molar-refractivity contribution is -0.148. The number of aliphatic hydroxyl groups is 1. The molecule has 6 atom stereocenters. The molecule has 7 nitrogen and oxygen atoms in total. The van der Waals surface area contributed by atoms with Crippen molar-refractivity contribution in [2.75, 3.05) is 26.2 Å². The molecule has 5 rings (SSSR count). The Bertz CT molecular complexity index is 912. The predicted molar refractivity (Wildman–Crippen MR) is 137 cm³/mol. The quantitative estimate of drug-likeness (QED) is 0.566. The van der Waals surface area contributed by atoms with Crippen LogP contribution < -0.4 is 0 Å². The minimum atomic E-state index is -0.787. The second-order valence-corrected chi connectivity index (χ2v) is 12.2. The normalized spacial score (nSPS) is 36.2. The Kier molecular flexibility index (Phi) is 7.05. The first-order valence-corrected chi connectivity index (χ1v) is 14.4. The number of amides is 3. The number of aliphatic hydroxyl groups excluding tert-OH is 1. The molecular formula is C27H39N3O4S. The molecule has 0 radical (unpaired) electrons. The Morgan fingerprint density at radius 1 is 1.06 bits per heavy atom. The Morgan fingerprint density at radius 3 is 2.51 bits per heavy atom. The number of fused-ring (bicyclic) bond motifs is 2. The smallest absolute Gasteiger partial charge is 0.247 e. The third kappa shape index (κ3) is 3.86. The first-order chi connectivity index (χ1) is 17.0. The number of carbonyl (C=O) groups is 3. The van der Waals surface area contributed by atoms with Gasteiger partial charge in [-0.2, -0.15) is 0 Å². The molecule has 4 aliphatic heterocycles. The molecule has 4 heterocycles. The molecule has 1 spiro atoms. The van der Waals surface area contributed by atoms with Gasteiger partial charge in [0.15, 0.2) is 0 Å². The zero-order chi connectivity index (χ0) is 24.7. The van der Waals surface area contributed by atoms with Gasteiger partial charge >= 0.3 is 0 Å². The standard InChI is InChI=1S/C27H39N3O4S/c1-3-14-28-15-8-12-20-21(24(28)32)22-25(33)30(18(4-2)17-31)23-26(34)29(19-10-6-5-7-11-19)16-9-13-27(22,23)35-20/h8-9,12-13,18-23,31H,3-7,10-11,14-17H2,1-2H3/t18-,20+,21-,22-,23?,27-/m0/s1. The van der Waals surface area contributed by atoms with E-state index in [1.807, 2.05) is 16.7 Å². The lowest BCUT2D eigenvalue weighted by Crippen LogP contribution is -2.58. The van der Waals surface area contributed by atoms with Gasteiger partial charge in [-0.25, -0.2) is 0 Å². The van der Waals surface area contributed by atoms with Crippen molar-refractivity contribution in [3.63, 3.8) is 0 Å². The Labute approximate surface area is 213 Å². The van der Waals surface area contributed by atoms with Crippen molar-refractivity contribution in [3.05, 3.63) is 24.3 Å². The van der Waals surface area contributed by atoms with Crippen molar-refractivity contribution in [1.29, 1.82) is 0 Å². The summed E-state index contributed by atoms with van der Waals surface area (Å²) in [6.07, 6.45) is 15.2. The van der Waals surface area contributed by atoms with Gasteiger partial charge in [0.2, 0.25) is 17.7 Å². The topological polar surface area (TPSA) is 81.2 Å². The van der Waals surface area contributed by atoms with Crippen LogP contribution in [0.5, 0.6) is 0 Å². The molecule has 1 aliphatic carbocycles. The minimum Gasteiger partial charge on any atom is -0.394 e. The van der Waals surface area contributed by atoms with Crippen LogP contribution in [0.4, 0.5) is 0 Å². The van der Waals surface area contributed by atoms with E-state index in [-0.39, 0.29) is 35.6 Å². The maximum absolute atomic E-state index is 14.4. The maximum Gasteiger partial charge on any atom is 0.247 e. The molecule has 0 aromatic carbocycles. The van der Waals surface area contributed by atoms with Gasteiger partial charge in [0, 0.05) is 30.9 Å². The molecule has 192 valence electrons. The lowest BCUT2D eigenvalue weighted by atomic mass is 9.78. The summed E-state index contributed by atoms with van der Waals surface area (Å²) in [6.45, 7) is 5.60. The Hall–Kier alpha value is -1.80. The molecule has 35 heavy (non-hydrogen) atoms. The van der Waals surface area contributed by atoms with Crippen molar-refractivity contribution in [1.82, 2.24) is 14.7 Å². The predicted octanol–water partition coefficient (Wildman–Crippen LogP) is 2.59. The van der Waals surface area contributed by atoms with Crippen LogP contribution in [0.3, 0.4) is 0 Å². The number of hydrogen-bond donors (Lipinski definition) is 1. The summed E-state index contributed by atoms with van der Waals surface area (Å²) < 4.78 is -0.787. The molecule has 0 bridgehead atoms. The van der Waals surface area contributed by atoms with Gasteiger partial charge in [-0.15, -0.1) is 11.8 Å². The highest BCUT2D eigenvalue weighted by Crippen LogP contribution is 2.61. The van der Waals surface area contributed by atoms with E-state index in [2.05, 4.69) is 31.2 Å². The Morgan fingerprint density at radius 2 is 1.83 bits per heavy atom. The fourth-order valence-corrected chi connectivity index (χ4v) is 9.14. The highest BCUT2D eigenvalue weighted by molar-refractivity contribution is 8.02. The van der Waals surface area contributed by atoms with Gasteiger partial charge in [-0.3, -0.25) is 14.4 Å². The van der Waals surface area contributed by atoms with Crippen LogP contribution in [0.2, 0.25) is 0 Å². The summed E-state index contributed by atoms with van der Waals surface area (Å²) in [5, 5.41) is 10.1. The van der Waals surface area contributed by atoms with Crippen molar-refractivity contribution in [2.45, 2.75) is 86.9 Å². The summed E-state index contributed by atoms with van der Waals surface area (Å²) in [7, 11) is 0. The third-order valence-electron chi connectivity index (χ3n) is 8.80. The zero-order valence-electron chi connectivity index (χ0n) is 21.0. The third-order valence-corrected chi connectivity index (χ3v) is 10.5. The van der Waals surface area contributed by atoms with Crippen LogP contribution >= 0.6 is 11.8 Å². The average molecular weight is 502 g/mol. The number of thioether (sulfide) groups is 1. The molecule has 3 fully saturated rings. The molecular weight excluding hydrogens is 462 g/mol. The lowest BCUT2D eigenvalue weighted by Gasteiger charge is -2.41. The highest BCUT2D eigenvalue weighted by Gasteiger charge is 2.71. The average Bonchev–Trinajstić information content (AvgIpc) is 3.19. The number of nitrogens with zero attached hydrogens (tertiary/aromatic N) is 3. The van der Waals surface area contributed by atoms with E-state index in [1.54, 1.807) is 16.7 Å². The van der Waals surface area contributed by atoms with Crippen LogP contribution in [0.1, 0.15) is 58.8 Å². The summed E-state index contributed by atoms with van der Waals surface area (Å²) in [5.41, 5.74) is 0. The fraction of sp³-hybridized carbons (Fsp3) is 0.741. The van der Waals surface area contributed by atoms with E-state index >= 15 is 0 Å². The monoisotopic (exact) mass is 501 g/mol. The first kappa shape index (κ1) is 24.9. The number of carbonyl (C=O) groups excluding carboxylic acids is 3. The van der Waals surface area contributed by atoms with Gasteiger partial charge in [0.05, 0.1) is 29.2 Å². The largest absolute Gasteiger partial charge is 0.394 e. The van der Waals surface area contributed by atoms with Gasteiger partial charge < -0.3 is 19.8 Å². The highest BCUT2D eigenvalue weighted by atomic mass is 32.2. The van der Waals surface area contributed by atoms with E-state index in [0.717, 1.165) is 32.1 Å². The number of rotatable bonds is 6. The van der Waals surface area contributed by atoms with E-state index in [9.17, 15) is 19.5 Å². The van der Waals surface area contributed by atoms with Crippen molar-refractivity contribution >= 4 is 29.5 Å². The van der Waals surface area contributed by atoms with Crippen molar-refractivity contribution < 1.29 is 19.5 Å². The zero-order valence-corrected chi connectivity index (χ0v) is 21.8. The van der Waals surface area contributed by atoms with Crippen molar-refractivity contribution in [2.24, 2.45) is 11.8 Å². The van der Waals surface area contributed by atoms with Gasteiger partial charge in [0.1, 0.15) is 6.04 Å². The second-order valence-electron chi connectivity index (χ2n) is 10.7. The van der Waals surface area contributed by atoms with E-state index < -0.39 is 28.7 Å². The van der Waals surface area contributed by atoms with E-state index in [4.69, 9.17) is 0 Å². The summed E-state index contributed by atoms with van der Waals surface area (Å²) in [6, 6.07) is -0.920. The van der Waals surface area contributed by atoms with Gasteiger partial charge in [-0.1, -0.05) is 57.4 Å². The Balaban J connectivity index is 1.59. The van der Waals surface area contributed by atoms with Crippen molar-refractivity contribution in [3.8, 4) is 0 Å². The SMILES string of the molecule is CCCN1CC=C[C@H]2S[C@]34C=CCN(C5CCCCC5)C(=O)C3N([C@@H](CC)CO)C(=O)[C@@H]4[C@H]2C1=O. The molecule has 8 heteroatoms. The molecule has 1 saturated carbocycles. The minimum absolute atomic E-state index is 0.00421. The first-order valence-electron chi connectivity index (χ1n) is 13.5. The van der Waals surface area contributed by atoms with Crippen LogP contribution in [-0.4, -0.2) is 91.9 Å². The van der Waals surface area contributed by atoms with Crippen LogP contribution in [0.25, 0.3) is 0 Å². The number of hydrogen-bond acceptors (Lipinski definition) is 5. The summed E-state index contributed by atoms with van der Waals surface area (Å²) in [5.74, 6) is -1.20. The molecule has 1 unspecified atom stereocenters. The molecule has 1 N–H and O–H groups in total.